The average Bonchev–Trinajstić information content (AvgIpc) is 2.68. The molecule has 1 aliphatic rings. The Hall–Kier alpha value is -2.89. The van der Waals surface area contributed by atoms with Crippen LogP contribution in [0.2, 0.25) is 0 Å². The lowest BCUT2D eigenvalue weighted by Gasteiger charge is -2.32. The van der Waals surface area contributed by atoms with Crippen LogP contribution in [0.5, 0.6) is 0 Å². The maximum Gasteiger partial charge on any atom is 0.360 e. The van der Waals surface area contributed by atoms with Crippen molar-refractivity contribution in [1.29, 1.82) is 0 Å². The zero-order valence-corrected chi connectivity index (χ0v) is 15.2. The second-order valence-electron chi connectivity index (χ2n) is 6.25. The molecule has 2 heterocycles. The minimum Gasteiger partial charge on any atom is -0.476 e. The number of aromatic nitrogens is 2. The van der Waals surface area contributed by atoms with Crippen LogP contribution >= 0.6 is 0 Å². The van der Waals surface area contributed by atoms with Gasteiger partial charge in [0.1, 0.15) is 0 Å². The number of carboxylic acids is 1. The average molecular weight is 355 g/mol. The summed E-state index contributed by atoms with van der Waals surface area (Å²) in [7, 11) is 0. The van der Waals surface area contributed by atoms with Gasteiger partial charge in [0.15, 0.2) is 0 Å². The molecule has 3 rings (SSSR count). The molecular formula is C20H25N3O3. The first-order chi connectivity index (χ1) is 12.5. The highest BCUT2D eigenvalue weighted by Gasteiger charge is 2.26. The van der Waals surface area contributed by atoms with Gasteiger partial charge in [-0.3, -0.25) is 9.36 Å². The van der Waals surface area contributed by atoms with E-state index in [4.69, 9.17) is 0 Å². The smallest absolute Gasteiger partial charge is 0.360 e. The van der Waals surface area contributed by atoms with E-state index in [1.54, 1.807) is 16.7 Å². The topological polar surface area (TPSA) is 84.2 Å². The number of hydrogen-bond donors (Lipinski definition) is 2. The van der Waals surface area contributed by atoms with Crippen molar-refractivity contribution in [2.24, 2.45) is 5.92 Å². The summed E-state index contributed by atoms with van der Waals surface area (Å²) in [5, 5.41) is 12.7. The minimum atomic E-state index is -1.30. The van der Waals surface area contributed by atoms with Crippen LogP contribution in [0.1, 0.15) is 43.2 Å². The highest BCUT2D eigenvalue weighted by Crippen LogP contribution is 2.26. The number of allylic oxidation sites excluding steroid dienone is 1. The molecule has 3 atom stereocenters. The largest absolute Gasteiger partial charge is 0.476 e. The van der Waals surface area contributed by atoms with E-state index in [1.807, 2.05) is 24.4 Å². The van der Waals surface area contributed by atoms with Gasteiger partial charge >= 0.3 is 5.97 Å². The summed E-state index contributed by atoms with van der Waals surface area (Å²) in [5.41, 5.74) is 0.190. The summed E-state index contributed by atoms with van der Waals surface area (Å²) in [6.45, 7) is 10.3. The second-order valence-corrected chi connectivity index (χ2v) is 6.25. The molecule has 0 radical (unpaired) electrons. The van der Waals surface area contributed by atoms with Crippen LogP contribution in [0.4, 0.5) is 0 Å². The third-order valence-electron chi connectivity index (χ3n) is 4.78. The van der Waals surface area contributed by atoms with Gasteiger partial charge in [-0.2, -0.15) is 0 Å². The van der Waals surface area contributed by atoms with Gasteiger partial charge in [0.2, 0.25) is 5.69 Å². The van der Waals surface area contributed by atoms with Gasteiger partial charge in [0, 0.05) is 6.04 Å². The van der Waals surface area contributed by atoms with Crippen LogP contribution in [0.25, 0.3) is 11.0 Å². The molecule has 1 aromatic heterocycles. The number of para-hydroxylation sites is 2. The van der Waals surface area contributed by atoms with Crippen molar-refractivity contribution >= 4 is 17.0 Å². The van der Waals surface area contributed by atoms with Gasteiger partial charge in [0.05, 0.1) is 17.1 Å². The summed E-state index contributed by atoms with van der Waals surface area (Å²) < 4.78 is 1.57. The molecule has 6 nitrogen and oxygen atoms in total. The fourth-order valence-electron chi connectivity index (χ4n) is 3.19. The highest BCUT2D eigenvalue weighted by atomic mass is 16.4. The monoisotopic (exact) mass is 355 g/mol. The van der Waals surface area contributed by atoms with Crippen LogP contribution in [-0.4, -0.2) is 26.7 Å². The van der Waals surface area contributed by atoms with Crippen molar-refractivity contribution in [1.82, 2.24) is 14.9 Å². The van der Waals surface area contributed by atoms with E-state index in [2.05, 4.69) is 37.3 Å². The van der Waals surface area contributed by atoms with E-state index in [1.165, 1.54) is 0 Å². The summed E-state index contributed by atoms with van der Waals surface area (Å²) in [5.74, 6) is -0.837. The summed E-state index contributed by atoms with van der Waals surface area (Å²) in [6.07, 6.45) is 5.55. The van der Waals surface area contributed by atoms with Crippen molar-refractivity contribution in [3.05, 3.63) is 65.7 Å². The van der Waals surface area contributed by atoms with Crippen molar-refractivity contribution in [3.8, 4) is 0 Å². The Kier molecular flexibility index (Phi) is 6.33. The molecule has 2 N–H and O–H groups in total. The number of aromatic carboxylic acids is 1. The predicted octanol–water partition coefficient (Wildman–Crippen LogP) is 3.36. The van der Waals surface area contributed by atoms with Crippen molar-refractivity contribution in [2.75, 3.05) is 0 Å². The molecule has 0 saturated heterocycles. The molecule has 2 aromatic rings. The number of nitrogens with zero attached hydrogens (tertiary/aromatic N) is 2. The molecule has 6 heteroatoms. The molecule has 0 aliphatic carbocycles. The van der Waals surface area contributed by atoms with Gasteiger partial charge < -0.3 is 10.4 Å². The number of rotatable bonds is 4. The van der Waals surface area contributed by atoms with E-state index < -0.39 is 17.2 Å². The first-order valence-electron chi connectivity index (χ1n) is 8.70. The van der Waals surface area contributed by atoms with E-state index in [-0.39, 0.29) is 12.1 Å². The van der Waals surface area contributed by atoms with Crippen molar-refractivity contribution in [2.45, 2.75) is 38.8 Å². The Balaban J connectivity index is 0.00000117. The lowest BCUT2D eigenvalue weighted by molar-refractivity contribution is 0.0688. The van der Waals surface area contributed by atoms with Gasteiger partial charge in [-0.25, -0.2) is 9.78 Å². The fourth-order valence-corrected chi connectivity index (χ4v) is 3.19. The Bertz CT molecular complexity index is 872. The second kappa shape index (κ2) is 8.47. The third-order valence-corrected chi connectivity index (χ3v) is 4.78. The Morgan fingerprint density at radius 1 is 1.42 bits per heavy atom. The van der Waals surface area contributed by atoms with Gasteiger partial charge in [-0.1, -0.05) is 32.4 Å². The first kappa shape index (κ1) is 19.4. The Morgan fingerprint density at radius 3 is 2.77 bits per heavy atom. The standard InChI is InChI=1S/C18H21N3O3.C2H4/c1-3-11(2)14-10-12(8-9-19-14)21-15-7-5-4-6-13(15)20-16(17(21)22)18(23)24;1-2/h4-9,11-12,14,19H,3,10H2,1-2H3,(H,23,24);1-2H2/t11?,12-,14?;/m0./s1. The Morgan fingerprint density at radius 2 is 2.12 bits per heavy atom. The fraction of sp³-hybridized carbons (Fsp3) is 0.350. The first-order valence-corrected chi connectivity index (χ1v) is 8.70. The molecule has 1 aliphatic heterocycles. The summed E-state index contributed by atoms with van der Waals surface area (Å²) in [4.78, 5) is 28.2. The normalized spacial score (nSPS) is 19.9. The lowest BCUT2D eigenvalue weighted by Crippen LogP contribution is -2.40. The molecule has 0 fully saturated rings. The van der Waals surface area contributed by atoms with E-state index in [9.17, 15) is 14.7 Å². The van der Waals surface area contributed by atoms with E-state index in [0.29, 0.717) is 17.0 Å². The van der Waals surface area contributed by atoms with Crippen molar-refractivity contribution < 1.29 is 9.90 Å². The lowest BCUT2D eigenvalue weighted by atomic mass is 9.91. The van der Waals surface area contributed by atoms with Crippen LogP contribution in [0, 0.1) is 5.92 Å². The molecule has 1 aromatic carbocycles. The van der Waals surface area contributed by atoms with Crippen LogP contribution in [-0.2, 0) is 0 Å². The maximum absolute atomic E-state index is 12.7. The zero-order valence-electron chi connectivity index (χ0n) is 15.2. The predicted molar refractivity (Wildman–Crippen MR) is 103 cm³/mol. The van der Waals surface area contributed by atoms with E-state index >= 15 is 0 Å². The Labute approximate surface area is 152 Å². The van der Waals surface area contributed by atoms with Crippen LogP contribution in [0.15, 0.2) is 54.5 Å². The SMILES string of the molecule is C=C.CCC(C)C1C[C@@H](n2c(=O)c(C(=O)O)nc3ccccc32)C=CN1. The molecule has 0 amide bonds. The maximum atomic E-state index is 12.7. The summed E-state index contributed by atoms with van der Waals surface area (Å²) in [6, 6.07) is 7.21. The molecule has 138 valence electrons. The molecule has 0 saturated carbocycles. The number of nitrogens with one attached hydrogen (secondary N) is 1. The molecular weight excluding hydrogens is 330 g/mol. The third kappa shape index (κ3) is 3.69. The summed E-state index contributed by atoms with van der Waals surface area (Å²) >= 11 is 0. The molecule has 0 spiro atoms. The van der Waals surface area contributed by atoms with Crippen LogP contribution in [0.3, 0.4) is 0 Å². The van der Waals surface area contributed by atoms with Gasteiger partial charge in [-0.15, -0.1) is 13.2 Å². The van der Waals surface area contributed by atoms with Crippen LogP contribution < -0.4 is 10.9 Å². The molecule has 26 heavy (non-hydrogen) atoms. The number of carboxylic acid groups (broad SMARTS) is 1. The molecule has 0 bridgehead atoms. The highest BCUT2D eigenvalue weighted by molar-refractivity contribution is 5.88. The number of hydrogen-bond acceptors (Lipinski definition) is 4. The zero-order chi connectivity index (χ0) is 19.3. The van der Waals surface area contributed by atoms with Crippen molar-refractivity contribution in [3.63, 3.8) is 0 Å². The van der Waals surface area contributed by atoms with Gasteiger partial charge in [0.25, 0.3) is 5.56 Å². The quantitative estimate of drug-likeness (QED) is 0.822. The number of fused-ring (bicyclic) bond motifs is 1. The molecule has 2 unspecified atom stereocenters. The van der Waals surface area contributed by atoms with E-state index in [0.717, 1.165) is 12.8 Å². The van der Waals surface area contributed by atoms with Gasteiger partial charge in [-0.05, 0) is 36.7 Å². The minimum absolute atomic E-state index is 0.191. The number of benzene rings is 1. The number of carbonyl (C=O) groups is 1.